The van der Waals surface area contributed by atoms with Crippen LogP contribution in [0.1, 0.15) is 25.7 Å². The lowest BCUT2D eigenvalue weighted by Gasteiger charge is -2.21. The Bertz CT molecular complexity index is 144. The smallest absolute Gasteiger partial charge is 0.243 e. The molecule has 0 radical (unpaired) electrons. The highest BCUT2D eigenvalue weighted by Crippen LogP contribution is 2.17. The first-order valence-corrected chi connectivity index (χ1v) is 4.46. The summed E-state index contributed by atoms with van der Waals surface area (Å²) >= 11 is 0. The van der Waals surface area contributed by atoms with E-state index in [0.29, 0.717) is 12.3 Å². The van der Waals surface area contributed by atoms with Crippen LogP contribution in [0.3, 0.4) is 0 Å². The number of carbonyl (C=O) groups is 1. The molecule has 0 aromatic rings. The van der Waals surface area contributed by atoms with Gasteiger partial charge in [0.15, 0.2) is 0 Å². The molecule has 1 fully saturated rings. The van der Waals surface area contributed by atoms with Crippen LogP contribution in [0.25, 0.3) is 0 Å². The molecular formula is C8H16N2O2. The highest BCUT2D eigenvalue weighted by atomic mass is 16.5. The number of hydroxylamine groups is 1. The first kappa shape index (κ1) is 9.48. The monoisotopic (exact) mass is 172 g/mol. The number of carbonyl (C=O) groups excluding carboxylic acids is 1. The summed E-state index contributed by atoms with van der Waals surface area (Å²) in [6.07, 6.45) is 3.65. The van der Waals surface area contributed by atoms with Gasteiger partial charge in [0.05, 0.1) is 0 Å². The molecule has 0 aliphatic carbocycles. The highest BCUT2D eigenvalue weighted by molar-refractivity contribution is 5.74. The maximum atomic E-state index is 10.7. The number of hydrogen-bond acceptors (Lipinski definition) is 3. The van der Waals surface area contributed by atoms with Crippen molar-refractivity contribution in [2.45, 2.75) is 25.7 Å². The van der Waals surface area contributed by atoms with E-state index >= 15 is 0 Å². The first-order valence-electron chi connectivity index (χ1n) is 4.46. The molecule has 0 saturated carbocycles. The third kappa shape index (κ3) is 3.19. The van der Waals surface area contributed by atoms with Crippen molar-refractivity contribution in [1.82, 2.24) is 10.8 Å². The molecule has 1 aliphatic rings. The normalized spacial score (nSPS) is 19.1. The molecule has 1 aliphatic heterocycles. The average Bonchev–Trinajstić information content (AvgIpc) is 2.16. The lowest BCUT2D eigenvalue weighted by Crippen LogP contribution is -2.28. The van der Waals surface area contributed by atoms with Crippen LogP contribution in [-0.4, -0.2) is 24.2 Å². The van der Waals surface area contributed by atoms with Gasteiger partial charge in [0.2, 0.25) is 5.91 Å². The molecule has 0 aromatic heterocycles. The standard InChI is InChI=1S/C8H16N2O2/c11-8(10-12)2-1-7-3-5-9-6-4-7/h7,9,12H,1-6H2,(H,10,11). The van der Waals surface area contributed by atoms with Crippen molar-refractivity contribution in [2.24, 2.45) is 5.92 Å². The number of amides is 1. The summed E-state index contributed by atoms with van der Waals surface area (Å²) in [5, 5.41) is 11.5. The maximum Gasteiger partial charge on any atom is 0.243 e. The van der Waals surface area contributed by atoms with Gasteiger partial charge in [-0.1, -0.05) is 0 Å². The van der Waals surface area contributed by atoms with Gasteiger partial charge in [-0.3, -0.25) is 10.0 Å². The summed E-state index contributed by atoms with van der Waals surface area (Å²) in [5.74, 6) is 0.386. The maximum absolute atomic E-state index is 10.7. The third-order valence-corrected chi connectivity index (χ3v) is 2.36. The van der Waals surface area contributed by atoms with E-state index in [2.05, 4.69) is 5.32 Å². The third-order valence-electron chi connectivity index (χ3n) is 2.36. The Morgan fingerprint density at radius 1 is 1.50 bits per heavy atom. The summed E-state index contributed by atoms with van der Waals surface area (Å²) in [4.78, 5) is 10.7. The van der Waals surface area contributed by atoms with Crippen molar-refractivity contribution in [3.8, 4) is 0 Å². The molecule has 1 saturated heterocycles. The average molecular weight is 172 g/mol. The highest BCUT2D eigenvalue weighted by Gasteiger charge is 2.13. The van der Waals surface area contributed by atoms with E-state index in [1.807, 2.05) is 0 Å². The SMILES string of the molecule is O=C(CCC1CCNCC1)NO. The van der Waals surface area contributed by atoms with Gasteiger partial charge in [-0.05, 0) is 38.3 Å². The molecule has 1 heterocycles. The van der Waals surface area contributed by atoms with Crippen molar-refractivity contribution in [2.75, 3.05) is 13.1 Å². The van der Waals surface area contributed by atoms with Crippen LogP contribution in [0.15, 0.2) is 0 Å². The zero-order valence-corrected chi connectivity index (χ0v) is 7.18. The van der Waals surface area contributed by atoms with Crippen LogP contribution in [0, 0.1) is 5.92 Å². The van der Waals surface area contributed by atoms with Crippen LogP contribution in [0.5, 0.6) is 0 Å². The Kier molecular flexibility index (Phi) is 4.04. The van der Waals surface area contributed by atoms with Gasteiger partial charge in [0, 0.05) is 6.42 Å². The second-order valence-electron chi connectivity index (χ2n) is 3.27. The molecule has 0 atom stereocenters. The van der Waals surface area contributed by atoms with Gasteiger partial charge >= 0.3 is 0 Å². The Hall–Kier alpha value is -0.610. The van der Waals surface area contributed by atoms with Crippen LogP contribution in [-0.2, 0) is 4.79 Å². The van der Waals surface area contributed by atoms with Gasteiger partial charge in [0.1, 0.15) is 0 Å². The fourth-order valence-electron chi connectivity index (χ4n) is 1.56. The first-order chi connectivity index (χ1) is 5.83. The van der Waals surface area contributed by atoms with Gasteiger partial charge < -0.3 is 5.32 Å². The van der Waals surface area contributed by atoms with Crippen molar-refractivity contribution >= 4 is 5.91 Å². The van der Waals surface area contributed by atoms with Crippen LogP contribution < -0.4 is 10.8 Å². The van der Waals surface area contributed by atoms with Gasteiger partial charge in [-0.25, -0.2) is 5.48 Å². The topological polar surface area (TPSA) is 61.4 Å². The summed E-state index contributed by atoms with van der Waals surface area (Å²) in [6, 6.07) is 0. The van der Waals surface area contributed by atoms with Crippen molar-refractivity contribution in [3.05, 3.63) is 0 Å². The van der Waals surface area contributed by atoms with Crippen molar-refractivity contribution in [3.63, 3.8) is 0 Å². The zero-order valence-electron chi connectivity index (χ0n) is 7.18. The van der Waals surface area contributed by atoms with Crippen LogP contribution in [0.4, 0.5) is 0 Å². The molecule has 12 heavy (non-hydrogen) atoms. The Morgan fingerprint density at radius 3 is 2.75 bits per heavy atom. The van der Waals surface area contributed by atoms with E-state index in [4.69, 9.17) is 5.21 Å². The molecule has 0 aromatic carbocycles. The second-order valence-corrected chi connectivity index (χ2v) is 3.27. The lowest BCUT2D eigenvalue weighted by atomic mass is 9.93. The molecule has 3 N–H and O–H groups in total. The van der Waals surface area contributed by atoms with Crippen molar-refractivity contribution < 1.29 is 10.0 Å². The number of rotatable bonds is 3. The number of piperidine rings is 1. The largest absolute Gasteiger partial charge is 0.317 e. The van der Waals surface area contributed by atoms with E-state index in [-0.39, 0.29) is 5.91 Å². The summed E-state index contributed by atoms with van der Waals surface area (Å²) in [7, 11) is 0. The van der Waals surface area contributed by atoms with Gasteiger partial charge in [-0.2, -0.15) is 0 Å². The van der Waals surface area contributed by atoms with E-state index in [0.717, 1.165) is 32.4 Å². The lowest BCUT2D eigenvalue weighted by molar-refractivity contribution is -0.129. The van der Waals surface area contributed by atoms with Gasteiger partial charge in [-0.15, -0.1) is 0 Å². The minimum atomic E-state index is -0.270. The summed E-state index contributed by atoms with van der Waals surface area (Å²) in [5.41, 5.74) is 1.65. The summed E-state index contributed by atoms with van der Waals surface area (Å²) < 4.78 is 0. The van der Waals surface area contributed by atoms with Crippen molar-refractivity contribution in [1.29, 1.82) is 0 Å². The molecule has 4 nitrogen and oxygen atoms in total. The van der Waals surface area contributed by atoms with Crippen LogP contribution in [0.2, 0.25) is 0 Å². The predicted octanol–water partition coefficient (Wildman–Crippen LogP) is 0.272. The Balaban J connectivity index is 2.09. The van der Waals surface area contributed by atoms with E-state index in [9.17, 15) is 4.79 Å². The number of hydrogen-bond donors (Lipinski definition) is 3. The minimum absolute atomic E-state index is 0.270. The fraction of sp³-hybridized carbons (Fsp3) is 0.875. The number of nitrogens with one attached hydrogen (secondary N) is 2. The second kappa shape index (κ2) is 5.11. The molecule has 0 spiro atoms. The fourth-order valence-corrected chi connectivity index (χ4v) is 1.56. The molecule has 70 valence electrons. The Labute approximate surface area is 72.3 Å². The van der Waals surface area contributed by atoms with E-state index in [1.54, 1.807) is 5.48 Å². The minimum Gasteiger partial charge on any atom is -0.317 e. The van der Waals surface area contributed by atoms with E-state index < -0.39 is 0 Å². The zero-order chi connectivity index (χ0) is 8.81. The molecule has 0 unspecified atom stereocenters. The van der Waals surface area contributed by atoms with Crippen LogP contribution >= 0.6 is 0 Å². The molecule has 0 bridgehead atoms. The van der Waals surface area contributed by atoms with Gasteiger partial charge in [0.25, 0.3) is 0 Å². The summed E-state index contributed by atoms with van der Waals surface area (Å²) in [6.45, 7) is 2.12. The molecule has 1 rings (SSSR count). The molecule has 1 amide bonds. The molecule has 4 heteroatoms. The predicted molar refractivity (Wildman–Crippen MR) is 44.8 cm³/mol. The molecular weight excluding hydrogens is 156 g/mol. The van der Waals surface area contributed by atoms with E-state index in [1.165, 1.54) is 0 Å². The quantitative estimate of drug-likeness (QED) is 0.423. The Morgan fingerprint density at radius 2 is 2.17 bits per heavy atom.